The first-order chi connectivity index (χ1) is 9.78. The molecule has 1 amide bonds. The highest BCUT2D eigenvalue weighted by atomic mass is 16.1. The van der Waals surface area contributed by atoms with E-state index in [1.54, 1.807) is 0 Å². The first-order valence-electron chi connectivity index (χ1n) is 6.99. The van der Waals surface area contributed by atoms with Gasteiger partial charge in [-0.15, -0.1) is 0 Å². The zero-order chi connectivity index (χ0) is 13.9. The maximum absolute atomic E-state index is 11.7. The summed E-state index contributed by atoms with van der Waals surface area (Å²) in [6.07, 6.45) is 0.947. The Balaban J connectivity index is 1.79. The lowest BCUT2D eigenvalue weighted by molar-refractivity contribution is -0.115. The highest BCUT2D eigenvalue weighted by Crippen LogP contribution is 2.37. The molecule has 1 aliphatic carbocycles. The summed E-state index contributed by atoms with van der Waals surface area (Å²) in [5, 5.41) is 5.95. The van der Waals surface area contributed by atoms with Crippen molar-refractivity contribution in [3.05, 3.63) is 53.6 Å². The standard InChI is InChI=1S/C17H18N2O/c1-2-18-11-17(20)19-14-7-8-16-13(10-14)9-12-5-3-4-6-15(12)16/h3-8,10,18H,2,9,11H2,1H3,(H,19,20). The molecular weight excluding hydrogens is 248 g/mol. The lowest BCUT2D eigenvalue weighted by Gasteiger charge is -2.08. The van der Waals surface area contributed by atoms with Crippen LogP contribution >= 0.6 is 0 Å². The average molecular weight is 266 g/mol. The van der Waals surface area contributed by atoms with E-state index in [4.69, 9.17) is 0 Å². The fourth-order valence-electron chi connectivity index (χ4n) is 2.67. The molecule has 2 aromatic carbocycles. The number of amides is 1. The minimum atomic E-state index is 0.00214. The average Bonchev–Trinajstić information content (AvgIpc) is 2.82. The highest BCUT2D eigenvalue weighted by Gasteiger charge is 2.18. The number of likely N-dealkylation sites (N-methyl/N-ethyl adjacent to an activating group) is 1. The zero-order valence-electron chi connectivity index (χ0n) is 11.6. The maximum atomic E-state index is 11.7. The molecule has 0 spiro atoms. The molecule has 0 saturated carbocycles. The normalized spacial score (nSPS) is 11.8. The smallest absolute Gasteiger partial charge is 0.238 e. The van der Waals surface area contributed by atoms with Gasteiger partial charge in [0.05, 0.1) is 6.54 Å². The Hall–Kier alpha value is -2.13. The molecule has 0 atom stereocenters. The number of benzene rings is 2. The van der Waals surface area contributed by atoms with Crippen LogP contribution in [0.25, 0.3) is 11.1 Å². The Morgan fingerprint density at radius 1 is 1.10 bits per heavy atom. The maximum Gasteiger partial charge on any atom is 0.238 e. The molecule has 0 fully saturated rings. The molecule has 2 N–H and O–H groups in total. The van der Waals surface area contributed by atoms with Crippen LogP contribution in [0.3, 0.4) is 0 Å². The van der Waals surface area contributed by atoms with E-state index < -0.39 is 0 Å². The van der Waals surface area contributed by atoms with E-state index in [0.29, 0.717) is 6.54 Å². The Labute approximate surface area is 119 Å². The van der Waals surface area contributed by atoms with Crippen molar-refractivity contribution in [2.75, 3.05) is 18.4 Å². The lowest BCUT2D eigenvalue weighted by Crippen LogP contribution is -2.27. The third kappa shape index (κ3) is 2.45. The van der Waals surface area contributed by atoms with Crippen molar-refractivity contribution in [3.63, 3.8) is 0 Å². The van der Waals surface area contributed by atoms with E-state index in [1.165, 1.54) is 22.3 Å². The van der Waals surface area contributed by atoms with Gasteiger partial charge in [-0.1, -0.05) is 37.3 Å². The third-order valence-electron chi connectivity index (χ3n) is 3.61. The van der Waals surface area contributed by atoms with E-state index >= 15 is 0 Å². The molecule has 0 heterocycles. The topological polar surface area (TPSA) is 41.1 Å². The Morgan fingerprint density at radius 2 is 1.90 bits per heavy atom. The SMILES string of the molecule is CCNCC(=O)Nc1ccc2c(c1)Cc1ccccc1-2. The summed E-state index contributed by atoms with van der Waals surface area (Å²) in [6.45, 7) is 3.14. The van der Waals surface area contributed by atoms with Crippen LogP contribution in [0.15, 0.2) is 42.5 Å². The molecule has 0 aliphatic heterocycles. The van der Waals surface area contributed by atoms with Crippen molar-refractivity contribution in [2.24, 2.45) is 0 Å². The molecule has 3 heteroatoms. The highest BCUT2D eigenvalue weighted by molar-refractivity contribution is 5.93. The quantitative estimate of drug-likeness (QED) is 0.762. The third-order valence-corrected chi connectivity index (χ3v) is 3.61. The summed E-state index contributed by atoms with van der Waals surface area (Å²) < 4.78 is 0. The molecule has 0 radical (unpaired) electrons. The Morgan fingerprint density at radius 3 is 2.75 bits per heavy atom. The number of carbonyl (C=O) groups excluding carboxylic acids is 1. The van der Waals surface area contributed by atoms with E-state index in [0.717, 1.165) is 18.7 Å². The fourth-order valence-corrected chi connectivity index (χ4v) is 2.67. The molecule has 3 rings (SSSR count). The molecule has 2 aromatic rings. The van der Waals surface area contributed by atoms with E-state index in [1.807, 2.05) is 13.0 Å². The van der Waals surface area contributed by atoms with E-state index in [-0.39, 0.29) is 5.91 Å². The van der Waals surface area contributed by atoms with Gasteiger partial charge in [0.2, 0.25) is 5.91 Å². The number of rotatable bonds is 4. The predicted molar refractivity (Wildman–Crippen MR) is 81.9 cm³/mol. The zero-order valence-corrected chi connectivity index (χ0v) is 11.6. The van der Waals surface area contributed by atoms with Gasteiger partial charge in [-0.25, -0.2) is 0 Å². The molecule has 3 nitrogen and oxygen atoms in total. The number of fused-ring (bicyclic) bond motifs is 3. The van der Waals surface area contributed by atoms with Gasteiger partial charge in [0.1, 0.15) is 0 Å². The molecule has 0 saturated heterocycles. The summed E-state index contributed by atoms with van der Waals surface area (Å²) in [5.41, 5.74) is 6.11. The van der Waals surface area contributed by atoms with Gasteiger partial charge >= 0.3 is 0 Å². The summed E-state index contributed by atoms with van der Waals surface area (Å²) in [6, 6.07) is 14.6. The van der Waals surface area contributed by atoms with Gasteiger partial charge in [0.15, 0.2) is 0 Å². The number of hydrogen-bond donors (Lipinski definition) is 2. The van der Waals surface area contributed by atoms with Gasteiger partial charge in [0, 0.05) is 5.69 Å². The summed E-state index contributed by atoms with van der Waals surface area (Å²) >= 11 is 0. The van der Waals surface area contributed by atoms with Crippen LogP contribution in [-0.4, -0.2) is 19.0 Å². The molecule has 0 bridgehead atoms. The van der Waals surface area contributed by atoms with Gasteiger partial charge in [0.25, 0.3) is 0 Å². The minimum Gasteiger partial charge on any atom is -0.325 e. The number of anilines is 1. The van der Waals surface area contributed by atoms with Crippen molar-refractivity contribution >= 4 is 11.6 Å². The van der Waals surface area contributed by atoms with Crippen LogP contribution in [0.4, 0.5) is 5.69 Å². The molecule has 0 aromatic heterocycles. The summed E-state index contributed by atoms with van der Waals surface area (Å²) in [5.74, 6) is 0.00214. The lowest BCUT2D eigenvalue weighted by atomic mass is 10.1. The second-order valence-electron chi connectivity index (χ2n) is 5.03. The van der Waals surface area contributed by atoms with Crippen LogP contribution in [0.1, 0.15) is 18.1 Å². The van der Waals surface area contributed by atoms with Crippen LogP contribution in [-0.2, 0) is 11.2 Å². The Bertz CT molecular complexity index is 649. The number of hydrogen-bond acceptors (Lipinski definition) is 2. The largest absolute Gasteiger partial charge is 0.325 e. The molecule has 20 heavy (non-hydrogen) atoms. The van der Waals surface area contributed by atoms with Crippen LogP contribution < -0.4 is 10.6 Å². The first kappa shape index (κ1) is 12.9. The number of nitrogens with one attached hydrogen (secondary N) is 2. The van der Waals surface area contributed by atoms with E-state index in [9.17, 15) is 4.79 Å². The van der Waals surface area contributed by atoms with Crippen molar-refractivity contribution in [3.8, 4) is 11.1 Å². The van der Waals surface area contributed by atoms with Gasteiger partial charge in [-0.2, -0.15) is 0 Å². The monoisotopic (exact) mass is 266 g/mol. The van der Waals surface area contributed by atoms with Crippen molar-refractivity contribution in [1.82, 2.24) is 5.32 Å². The molecule has 0 unspecified atom stereocenters. The van der Waals surface area contributed by atoms with Gasteiger partial charge in [-0.05, 0) is 47.4 Å². The fraction of sp³-hybridized carbons (Fsp3) is 0.235. The summed E-state index contributed by atoms with van der Waals surface area (Å²) in [4.78, 5) is 11.7. The van der Waals surface area contributed by atoms with Gasteiger partial charge < -0.3 is 10.6 Å². The van der Waals surface area contributed by atoms with Crippen molar-refractivity contribution in [1.29, 1.82) is 0 Å². The minimum absolute atomic E-state index is 0.00214. The first-order valence-corrected chi connectivity index (χ1v) is 6.99. The predicted octanol–water partition coefficient (Wildman–Crippen LogP) is 2.81. The molecular formula is C17H18N2O. The molecule has 102 valence electrons. The van der Waals surface area contributed by atoms with Crippen LogP contribution in [0, 0.1) is 0 Å². The number of carbonyl (C=O) groups is 1. The van der Waals surface area contributed by atoms with Crippen LogP contribution in [0.2, 0.25) is 0 Å². The van der Waals surface area contributed by atoms with E-state index in [2.05, 4.69) is 47.0 Å². The summed E-state index contributed by atoms with van der Waals surface area (Å²) in [7, 11) is 0. The van der Waals surface area contributed by atoms with Crippen molar-refractivity contribution < 1.29 is 4.79 Å². The van der Waals surface area contributed by atoms with Gasteiger partial charge in [-0.3, -0.25) is 4.79 Å². The second-order valence-corrected chi connectivity index (χ2v) is 5.03. The molecule has 1 aliphatic rings. The second kappa shape index (κ2) is 5.47. The Kier molecular flexibility index (Phi) is 3.52. The van der Waals surface area contributed by atoms with Crippen LogP contribution in [0.5, 0.6) is 0 Å². The van der Waals surface area contributed by atoms with Crippen molar-refractivity contribution in [2.45, 2.75) is 13.3 Å².